The van der Waals surface area contributed by atoms with Gasteiger partial charge in [0, 0.05) is 11.1 Å². The number of carboxylic acids is 1. The summed E-state index contributed by atoms with van der Waals surface area (Å²) in [7, 11) is 0. The summed E-state index contributed by atoms with van der Waals surface area (Å²) in [5.74, 6) is -2.41. The Kier molecular flexibility index (Phi) is 2.96. The maximum absolute atomic E-state index is 13.0. The van der Waals surface area contributed by atoms with Gasteiger partial charge in [-0.3, -0.25) is 0 Å². The molecule has 1 N–H and O–H groups in total. The number of carbonyl (C=O) groups is 1. The van der Waals surface area contributed by atoms with Crippen LogP contribution in [0, 0.1) is 11.6 Å². The molecule has 0 heterocycles. The molecule has 0 atom stereocenters. The van der Waals surface area contributed by atoms with E-state index in [0.29, 0.717) is 0 Å². The van der Waals surface area contributed by atoms with Gasteiger partial charge in [0.25, 0.3) is 0 Å². The SMILES string of the molecule is C/C(=C\c1cc(F)ccc1F)C(=O)O. The molecule has 0 saturated carbocycles. The maximum atomic E-state index is 13.0. The van der Waals surface area contributed by atoms with Gasteiger partial charge in [0.1, 0.15) is 11.6 Å². The van der Waals surface area contributed by atoms with Crippen LogP contribution < -0.4 is 0 Å². The Morgan fingerprint density at radius 2 is 2.07 bits per heavy atom. The lowest BCUT2D eigenvalue weighted by molar-refractivity contribution is -0.132. The number of carboxylic acid groups (broad SMARTS) is 1. The molecule has 4 heteroatoms. The number of rotatable bonds is 2. The minimum atomic E-state index is -1.16. The highest BCUT2D eigenvalue weighted by Crippen LogP contribution is 2.13. The third-order valence-electron chi connectivity index (χ3n) is 1.67. The number of halogens is 2. The van der Waals surface area contributed by atoms with E-state index in [2.05, 4.69) is 0 Å². The first-order valence-corrected chi connectivity index (χ1v) is 3.87. The lowest BCUT2D eigenvalue weighted by Crippen LogP contribution is -1.96. The zero-order valence-corrected chi connectivity index (χ0v) is 7.42. The predicted octanol–water partition coefficient (Wildman–Crippen LogP) is 2.45. The first kappa shape index (κ1) is 10.4. The minimum Gasteiger partial charge on any atom is -0.478 e. The highest BCUT2D eigenvalue weighted by atomic mass is 19.1. The molecule has 0 spiro atoms. The minimum absolute atomic E-state index is 0.0468. The lowest BCUT2D eigenvalue weighted by atomic mass is 10.1. The van der Waals surface area contributed by atoms with E-state index < -0.39 is 17.6 Å². The molecule has 0 bridgehead atoms. The molecule has 0 aliphatic carbocycles. The van der Waals surface area contributed by atoms with E-state index in [-0.39, 0.29) is 11.1 Å². The molecule has 0 aromatic heterocycles. The molecular weight excluding hydrogens is 190 g/mol. The summed E-state index contributed by atoms with van der Waals surface area (Å²) in [5.41, 5.74) is -0.112. The molecule has 74 valence electrons. The molecule has 0 aliphatic rings. The van der Waals surface area contributed by atoms with Crippen molar-refractivity contribution in [2.75, 3.05) is 0 Å². The average molecular weight is 198 g/mol. The molecule has 1 rings (SSSR count). The topological polar surface area (TPSA) is 37.3 Å². The van der Waals surface area contributed by atoms with Crippen molar-refractivity contribution in [3.63, 3.8) is 0 Å². The van der Waals surface area contributed by atoms with Crippen LogP contribution >= 0.6 is 0 Å². The second kappa shape index (κ2) is 4.00. The Hall–Kier alpha value is -1.71. The van der Waals surface area contributed by atoms with Crippen LogP contribution in [0.15, 0.2) is 23.8 Å². The molecule has 0 fully saturated rings. The van der Waals surface area contributed by atoms with Crippen LogP contribution in [0.3, 0.4) is 0 Å². The van der Waals surface area contributed by atoms with E-state index >= 15 is 0 Å². The summed E-state index contributed by atoms with van der Waals surface area (Å²) in [5, 5.41) is 8.52. The molecule has 0 radical (unpaired) electrons. The fraction of sp³-hybridized carbons (Fsp3) is 0.100. The third kappa shape index (κ3) is 2.39. The van der Waals surface area contributed by atoms with E-state index in [9.17, 15) is 13.6 Å². The molecule has 0 unspecified atom stereocenters. The fourth-order valence-corrected chi connectivity index (χ4v) is 0.920. The van der Waals surface area contributed by atoms with Crippen molar-refractivity contribution in [1.82, 2.24) is 0 Å². The van der Waals surface area contributed by atoms with Gasteiger partial charge in [-0.25, -0.2) is 13.6 Å². The molecule has 2 nitrogen and oxygen atoms in total. The average Bonchev–Trinajstić information content (AvgIpc) is 2.11. The molecular formula is C10H8F2O2. The molecule has 1 aromatic carbocycles. The Balaban J connectivity index is 3.13. The van der Waals surface area contributed by atoms with Crippen molar-refractivity contribution in [3.05, 3.63) is 41.0 Å². The van der Waals surface area contributed by atoms with Gasteiger partial charge in [-0.1, -0.05) is 0 Å². The smallest absolute Gasteiger partial charge is 0.331 e. The summed E-state index contributed by atoms with van der Waals surface area (Å²) in [6, 6.07) is 2.88. The number of benzene rings is 1. The van der Waals surface area contributed by atoms with E-state index in [1.54, 1.807) is 0 Å². The largest absolute Gasteiger partial charge is 0.478 e. The van der Waals surface area contributed by atoms with Crippen LogP contribution in [0.2, 0.25) is 0 Å². The van der Waals surface area contributed by atoms with Gasteiger partial charge < -0.3 is 5.11 Å². The van der Waals surface area contributed by atoms with E-state index in [0.717, 1.165) is 24.3 Å². The van der Waals surface area contributed by atoms with Gasteiger partial charge in [-0.2, -0.15) is 0 Å². The van der Waals surface area contributed by atoms with Gasteiger partial charge in [0.2, 0.25) is 0 Å². The third-order valence-corrected chi connectivity index (χ3v) is 1.67. The van der Waals surface area contributed by atoms with Crippen molar-refractivity contribution < 1.29 is 18.7 Å². The van der Waals surface area contributed by atoms with Crippen molar-refractivity contribution in [1.29, 1.82) is 0 Å². The van der Waals surface area contributed by atoms with Crippen molar-refractivity contribution >= 4 is 12.0 Å². The van der Waals surface area contributed by atoms with Gasteiger partial charge in [0.05, 0.1) is 0 Å². The van der Waals surface area contributed by atoms with Crippen molar-refractivity contribution in [3.8, 4) is 0 Å². The number of aliphatic carboxylic acids is 1. The summed E-state index contributed by atoms with van der Waals surface area (Å²) >= 11 is 0. The zero-order chi connectivity index (χ0) is 10.7. The highest BCUT2D eigenvalue weighted by molar-refractivity contribution is 5.91. The highest BCUT2D eigenvalue weighted by Gasteiger charge is 2.04. The molecule has 0 saturated heterocycles. The Morgan fingerprint density at radius 3 is 2.64 bits per heavy atom. The van der Waals surface area contributed by atoms with Gasteiger partial charge in [0.15, 0.2) is 0 Å². The number of hydrogen-bond donors (Lipinski definition) is 1. The molecule has 1 aromatic rings. The van der Waals surface area contributed by atoms with Crippen LogP contribution in [-0.4, -0.2) is 11.1 Å². The van der Waals surface area contributed by atoms with Crippen LogP contribution in [0.25, 0.3) is 6.08 Å². The quantitative estimate of drug-likeness (QED) is 0.741. The van der Waals surface area contributed by atoms with Crippen molar-refractivity contribution in [2.45, 2.75) is 6.92 Å². The second-order valence-corrected chi connectivity index (χ2v) is 2.80. The van der Waals surface area contributed by atoms with E-state index in [4.69, 9.17) is 5.11 Å². The fourth-order valence-electron chi connectivity index (χ4n) is 0.920. The Labute approximate surface area is 79.5 Å². The van der Waals surface area contributed by atoms with Crippen LogP contribution in [0.5, 0.6) is 0 Å². The summed E-state index contributed by atoms with van der Waals surface area (Å²) < 4.78 is 25.6. The first-order chi connectivity index (χ1) is 6.50. The second-order valence-electron chi connectivity index (χ2n) is 2.80. The van der Waals surface area contributed by atoms with Gasteiger partial charge in [-0.15, -0.1) is 0 Å². The molecule has 14 heavy (non-hydrogen) atoms. The first-order valence-electron chi connectivity index (χ1n) is 3.87. The lowest BCUT2D eigenvalue weighted by Gasteiger charge is -1.98. The standard InChI is InChI=1S/C10H8F2O2/c1-6(10(13)14)4-7-5-8(11)2-3-9(7)12/h2-5H,1H3,(H,13,14)/b6-4+. The summed E-state index contributed by atoms with van der Waals surface area (Å²) in [6.07, 6.45) is 1.08. The summed E-state index contributed by atoms with van der Waals surface area (Å²) in [4.78, 5) is 10.4. The zero-order valence-electron chi connectivity index (χ0n) is 7.42. The van der Waals surface area contributed by atoms with E-state index in [1.165, 1.54) is 6.92 Å². The van der Waals surface area contributed by atoms with Crippen LogP contribution in [0.4, 0.5) is 8.78 Å². The molecule has 0 amide bonds. The van der Waals surface area contributed by atoms with E-state index in [1.807, 2.05) is 0 Å². The summed E-state index contributed by atoms with van der Waals surface area (Å²) in [6.45, 7) is 1.31. The van der Waals surface area contributed by atoms with Crippen molar-refractivity contribution in [2.24, 2.45) is 0 Å². The van der Waals surface area contributed by atoms with Gasteiger partial charge >= 0.3 is 5.97 Å². The van der Waals surface area contributed by atoms with Gasteiger partial charge in [-0.05, 0) is 31.2 Å². The van der Waals surface area contributed by atoms with Crippen LogP contribution in [-0.2, 0) is 4.79 Å². The molecule has 0 aliphatic heterocycles. The maximum Gasteiger partial charge on any atom is 0.331 e. The Morgan fingerprint density at radius 1 is 1.43 bits per heavy atom. The van der Waals surface area contributed by atoms with Crippen LogP contribution in [0.1, 0.15) is 12.5 Å². The number of hydrogen-bond acceptors (Lipinski definition) is 1. The predicted molar refractivity (Wildman–Crippen MR) is 47.6 cm³/mol. The monoisotopic (exact) mass is 198 g/mol. The normalized spacial score (nSPS) is 11.5. The Bertz CT molecular complexity index is 397.